The Morgan fingerprint density at radius 3 is 2.31 bits per heavy atom. The molecule has 1 aromatic heterocycles. The number of nitrogens with one attached hydrogen (secondary N) is 1. The van der Waals surface area contributed by atoms with Gasteiger partial charge >= 0.3 is 0 Å². The van der Waals surface area contributed by atoms with Gasteiger partial charge in [0, 0.05) is 18.0 Å². The van der Waals surface area contributed by atoms with Crippen LogP contribution in [0, 0.1) is 25.4 Å². The highest BCUT2D eigenvalue weighted by molar-refractivity contribution is 7.71. The maximum Gasteiger partial charge on any atom is 0.129 e. The van der Waals surface area contributed by atoms with Gasteiger partial charge in [0.05, 0.1) is 0 Å². The number of aromatic amines is 1. The summed E-state index contributed by atoms with van der Waals surface area (Å²) in [7, 11) is 0. The molecule has 0 aliphatic heterocycles. The molecule has 2 aromatic rings. The highest BCUT2D eigenvalue weighted by Crippen LogP contribution is 2.26. The molecule has 0 amide bonds. The quantitative estimate of drug-likeness (QED) is 0.756. The molecule has 0 saturated carbocycles. The van der Waals surface area contributed by atoms with Crippen LogP contribution in [0.2, 0.25) is 0 Å². The molecule has 0 aliphatic carbocycles. The molecule has 1 heterocycles. The normalized spacial score (nSPS) is 10.4. The van der Waals surface area contributed by atoms with E-state index < -0.39 is 0 Å². The zero-order chi connectivity index (χ0) is 11.7. The lowest BCUT2D eigenvalue weighted by Gasteiger charge is -2.10. The second kappa shape index (κ2) is 4.18. The van der Waals surface area contributed by atoms with E-state index in [1.165, 1.54) is 16.7 Å². The molecular weight excluding hydrogens is 216 g/mol. The molecule has 0 atom stereocenters. The Bertz CT molecular complexity index is 561. The number of aryl methyl sites for hydroxylation is 3. The van der Waals surface area contributed by atoms with Crippen LogP contribution in [-0.2, 0) is 0 Å². The summed E-state index contributed by atoms with van der Waals surface area (Å²) in [6, 6.07) is 4.32. The van der Waals surface area contributed by atoms with Crippen LogP contribution in [0.25, 0.3) is 11.3 Å². The molecule has 2 rings (SSSR count). The number of benzene rings is 1. The third kappa shape index (κ3) is 1.91. The highest BCUT2D eigenvalue weighted by Gasteiger charge is 2.09. The molecule has 82 valence electrons. The minimum Gasteiger partial charge on any atom is -0.350 e. The fourth-order valence-corrected chi connectivity index (χ4v) is 2.31. The fraction of sp³-hybridized carbons (Fsp3) is 0.231. The summed E-state index contributed by atoms with van der Waals surface area (Å²) in [6.45, 7) is 6.29. The van der Waals surface area contributed by atoms with Crippen molar-refractivity contribution in [3.63, 3.8) is 0 Å². The van der Waals surface area contributed by atoms with Gasteiger partial charge in [-0.1, -0.05) is 29.9 Å². The van der Waals surface area contributed by atoms with Crippen LogP contribution in [-0.4, -0.2) is 9.97 Å². The molecule has 0 saturated heterocycles. The molecule has 0 unspecified atom stereocenters. The predicted molar refractivity (Wildman–Crippen MR) is 69.1 cm³/mol. The molecule has 0 radical (unpaired) electrons. The Hall–Kier alpha value is -1.48. The second-order valence-corrected chi connectivity index (χ2v) is 4.45. The summed E-state index contributed by atoms with van der Waals surface area (Å²) in [6.07, 6.45) is 3.49. The number of rotatable bonds is 1. The zero-order valence-corrected chi connectivity index (χ0v) is 10.5. The summed E-state index contributed by atoms with van der Waals surface area (Å²) < 4.78 is 0.692. The zero-order valence-electron chi connectivity index (χ0n) is 9.66. The van der Waals surface area contributed by atoms with Crippen molar-refractivity contribution in [3.8, 4) is 11.3 Å². The lowest BCUT2D eigenvalue weighted by Crippen LogP contribution is -1.94. The topological polar surface area (TPSA) is 28.7 Å². The summed E-state index contributed by atoms with van der Waals surface area (Å²) in [5.41, 5.74) is 5.72. The van der Waals surface area contributed by atoms with E-state index in [4.69, 9.17) is 12.2 Å². The molecule has 0 fully saturated rings. The van der Waals surface area contributed by atoms with E-state index in [1.807, 2.05) is 0 Å². The van der Waals surface area contributed by atoms with Crippen molar-refractivity contribution in [1.82, 2.24) is 9.97 Å². The Kier molecular flexibility index (Phi) is 2.88. The molecule has 3 heteroatoms. The molecule has 1 N–H and O–H groups in total. The molecule has 0 spiro atoms. The Labute approximate surface area is 100 Å². The van der Waals surface area contributed by atoms with Crippen molar-refractivity contribution < 1.29 is 0 Å². The SMILES string of the molecule is Cc1cc(C)c(-c2ncc[nH]c2=S)c(C)c1. The van der Waals surface area contributed by atoms with E-state index in [9.17, 15) is 0 Å². The van der Waals surface area contributed by atoms with Gasteiger partial charge in [0.15, 0.2) is 0 Å². The van der Waals surface area contributed by atoms with Gasteiger partial charge in [-0.05, 0) is 31.9 Å². The van der Waals surface area contributed by atoms with Gasteiger partial charge in [-0.25, -0.2) is 0 Å². The number of aromatic nitrogens is 2. The average molecular weight is 230 g/mol. The van der Waals surface area contributed by atoms with Crippen molar-refractivity contribution in [2.75, 3.05) is 0 Å². The van der Waals surface area contributed by atoms with E-state index in [0.717, 1.165) is 11.3 Å². The van der Waals surface area contributed by atoms with Crippen LogP contribution < -0.4 is 0 Å². The third-order valence-corrected chi connectivity index (χ3v) is 2.93. The molecular formula is C13H14N2S. The lowest BCUT2D eigenvalue weighted by atomic mass is 9.98. The van der Waals surface area contributed by atoms with Crippen molar-refractivity contribution >= 4 is 12.2 Å². The minimum atomic E-state index is 0.692. The van der Waals surface area contributed by atoms with Crippen molar-refractivity contribution in [2.45, 2.75) is 20.8 Å². The van der Waals surface area contributed by atoms with Gasteiger partial charge in [-0.2, -0.15) is 0 Å². The van der Waals surface area contributed by atoms with Gasteiger partial charge in [-0.3, -0.25) is 4.98 Å². The lowest BCUT2D eigenvalue weighted by molar-refractivity contribution is 1.17. The minimum absolute atomic E-state index is 0.692. The summed E-state index contributed by atoms with van der Waals surface area (Å²) >= 11 is 5.27. The summed E-state index contributed by atoms with van der Waals surface area (Å²) in [5.74, 6) is 0. The van der Waals surface area contributed by atoms with Crippen LogP contribution in [0.3, 0.4) is 0 Å². The maximum absolute atomic E-state index is 5.27. The third-order valence-electron chi connectivity index (χ3n) is 2.62. The molecule has 16 heavy (non-hydrogen) atoms. The largest absolute Gasteiger partial charge is 0.350 e. The van der Waals surface area contributed by atoms with E-state index in [-0.39, 0.29) is 0 Å². The Morgan fingerprint density at radius 1 is 1.12 bits per heavy atom. The number of nitrogens with zero attached hydrogens (tertiary/aromatic N) is 1. The van der Waals surface area contributed by atoms with E-state index >= 15 is 0 Å². The van der Waals surface area contributed by atoms with Crippen LogP contribution in [0.15, 0.2) is 24.5 Å². The van der Waals surface area contributed by atoms with Gasteiger partial charge in [0.2, 0.25) is 0 Å². The Balaban J connectivity index is 2.75. The number of H-pyrrole nitrogens is 1. The smallest absolute Gasteiger partial charge is 0.129 e. The van der Waals surface area contributed by atoms with Crippen LogP contribution >= 0.6 is 12.2 Å². The van der Waals surface area contributed by atoms with Gasteiger partial charge in [0.25, 0.3) is 0 Å². The van der Waals surface area contributed by atoms with Crippen LogP contribution in [0.1, 0.15) is 16.7 Å². The highest BCUT2D eigenvalue weighted by atomic mass is 32.1. The predicted octanol–water partition coefficient (Wildman–Crippen LogP) is 3.73. The molecule has 0 bridgehead atoms. The Morgan fingerprint density at radius 2 is 1.75 bits per heavy atom. The van der Waals surface area contributed by atoms with E-state index in [0.29, 0.717) is 4.64 Å². The first-order valence-electron chi connectivity index (χ1n) is 5.21. The first-order chi connectivity index (χ1) is 7.59. The van der Waals surface area contributed by atoms with Crippen LogP contribution in [0.4, 0.5) is 0 Å². The molecule has 1 aromatic carbocycles. The average Bonchev–Trinajstić information content (AvgIpc) is 2.19. The second-order valence-electron chi connectivity index (χ2n) is 4.04. The first-order valence-corrected chi connectivity index (χ1v) is 5.62. The van der Waals surface area contributed by atoms with Crippen molar-refractivity contribution in [1.29, 1.82) is 0 Å². The van der Waals surface area contributed by atoms with Crippen molar-refractivity contribution in [3.05, 3.63) is 45.9 Å². The van der Waals surface area contributed by atoms with Crippen LogP contribution in [0.5, 0.6) is 0 Å². The maximum atomic E-state index is 5.27. The summed E-state index contributed by atoms with van der Waals surface area (Å²) in [5, 5.41) is 0. The molecule has 0 aliphatic rings. The fourth-order valence-electron chi connectivity index (χ4n) is 2.08. The first kappa shape index (κ1) is 11.0. The van der Waals surface area contributed by atoms with Crippen molar-refractivity contribution in [2.24, 2.45) is 0 Å². The van der Waals surface area contributed by atoms with Gasteiger partial charge < -0.3 is 4.98 Å². The van der Waals surface area contributed by atoms with E-state index in [1.54, 1.807) is 12.4 Å². The number of hydrogen-bond acceptors (Lipinski definition) is 2. The van der Waals surface area contributed by atoms with Gasteiger partial charge in [0.1, 0.15) is 10.3 Å². The standard InChI is InChI=1S/C13H14N2S/c1-8-6-9(2)11(10(3)7-8)12-13(16)15-5-4-14-12/h4-7H,1-3H3,(H,15,16). The molecule has 2 nitrogen and oxygen atoms in total. The van der Waals surface area contributed by atoms with Gasteiger partial charge in [-0.15, -0.1) is 0 Å². The summed E-state index contributed by atoms with van der Waals surface area (Å²) in [4.78, 5) is 7.38. The monoisotopic (exact) mass is 230 g/mol. The van der Waals surface area contributed by atoms with E-state index in [2.05, 4.69) is 42.9 Å². The number of hydrogen-bond donors (Lipinski definition) is 1.